The number of aromatic amines is 1. The molecule has 0 bridgehead atoms. The first kappa shape index (κ1) is 28.6. The Bertz CT molecular complexity index is 1360. The lowest BCUT2D eigenvalue weighted by molar-refractivity contribution is -0.386. The van der Waals surface area contributed by atoms with Gasteiger partial charge in [-0.1, -0.05) is 67.1 Å². The van der Waals surface area contributed by atoms with Crippen molar-refractivity contribution < 1.29 is 9.85 Å². The Kier molecular flexibility index (Phi) is 8.06. The van der Waals surface area contributed by atoms with Crippen LogP contribution in [0.25, 0.3) is 10.9 Å². The minimum Gasteiger partial charge on any atom is -0.398 e. The maximum Gasteiger partial charge on any atom is 0.275 e. The van der Waals surface area contributed by atoms with Crippen LogP contribution in [0.4, 0.5) is 17.1 Å². The summed E-state index contributed by atoms with van der Waals surface area (Å²) in [4.78, 5) is 24.5. The molecule has 36 heavy (non-hydrogen) atoms. The average Bonchev–Trinajstić information content (AvgIpc) is 3.17. The third kappa shape index (κ3) is 7.18. The van der Waals surface area contributed by atoms with Gasteiger partial charge in [0, 0.05) is 40.4 Å². The van der Waals surface area contributed by atoms with Crippen LogP contribution in [-0.2, 0) is 10.8 Å². The summed E-state index contributed by atoms with van der Waals surface area (Å²) in [5, 5.41) is 23.2. The fourth-order valence-electron chi connectivity index (χ4n) is 3.56. The van der Waals surface area contributed by atoms with Gasteiger partial charge in [0.05, 0.1) is 21.1 Å². The van der Waals surface area contributed by atoms with E-state index in [0.717, 1.165) is 16.5 Å². The molecule has 1 aromatic heterocycles. The zero-order valence-electron chi connectivity index (χ0n) is 22.6. The van der Waals surface area contributed by atoms with Gasteiger partial charge in [-0.05, 0) is 29.0 Å². The Labute approximate surface area is 213 Å². The van der Waals surface area contributed by atoms with Crippen LogP contribution in [0.15, 0.2) is 36.5 Å². The summed E-state index contributed by atoms with van der Waals surface area (Å²) in [5.74, 6) is 3.10. The van der Waals surface area contributed by atoms with E-state index in [-0.39, 0.29) is 32.1 Å². The fraction of sp³-hybridized carbons (Fsp3) is 0.407. The maximum absolute atomic E-state index is 11.2. The van der Waals surface area contributed by atoms with E-state index in [1.165, 1.54) is 6.07 Å². The fourth-order valence-corrected chi connectivity index (χ4v) is 4.07. The van der Waals surface area contributed by atoms with E-state index in [2.05, 4.69) is 36.1 Å². The largest absolute Gasteiger partial charge is 0.398 e. The van der Waals surface area contributed by atoms with Crippen LogP contribution >= 0.6 is 0 Å². The van der Waals surface area contributed by atoms with Crippen LogP contribution in [0.1, 0.15) is 58.2 Å². The van der Waals surface area contributed by atoms with E-state index in [1.807, 2.05) is 53.7 Å². The normalized spacial score (nSPS) is 11.8. The summed E-state index contributed by atoms with van der Waals surface area (Å²) in [6, 6.07) is 8.61. The van der Waals surface area contributed by atoms with Gasteiger partial charge >= 0.3 is 0 Å². The van der Waals surface area contributed by atoms with Crippen molar-refractivity contribution >= 4 is 36.0 Å². The quantitative estimate of drug-likeness (QED) is 0.126. The number of hydrogen-bond acceptors (Lipinski definition) is 5. The second kappa shape index (κ2) is 10.2. The zero-order valence-corrected chi connectivity index (χ0v) is 23.6. The molecular weight excluding hydrogens is 472 g/mol. The van der Waals surface area contributed by atoms with Gasteiger partial charge in [-0.15, -0.1) is 5.54 Å². The van der Waals surface area contributed by atoms with Crippen LogP contribution in [0.2, 0.25) is 19.6 Å². The standard InChI is InChI=1S/C15H22N2O2Si.C12H14N2O2/c1-15(2,3)12-9-11(7-8-20(4,5)6)13(16)10-14(12)17(18)19;1-12(2,3)9-6-8-4-5-13-10(8)7-11(9)14(15)16/h9-10H,16H2,1-6H3;4-7,13H,1-3H3. The predicted octanol–water partition coefficient (Wildman–Crippen LogP) is 7.08. The molecule has 3 N–H and O–H groups in total. The van der Waals surface area contributed by atoms with E-state index >= 15 is 0 Å². The molecule has 9 heteroatoms. The summed E-state index contributed by atoms with van der Waals surface area (Å²) in [6.07, 6.45) is 1.79. The van der Waals surface area contributed by atoms with Crippen molar-refractivity contribution in [3.8, 4) is 11.5 Å². The molecule has 0 aliphatic heterocycles. The SMILES string of the molecule is CC(C)(C)c1cc(C#C[Si](C)(C)C)c(N)cc1[N+](=O)[O-].CC(C)(C)c1cc2cc[nH]c2cc1[N+](=O)[O-]. The summed E-state index contributed by atoms with van der Waals surface area (Å²) >= 11 is 0. The van der Waals surface area contributed by atoms with Gasteiger partial charge in [-0.2, -0.15) is 0 Å². The van der Waals surface area contributed by atoms with Crippen LogP contribution in [-0.4, -0.2) is 22.9 Å². The Morgan fingerprint density at radius 3 is 1.83 bits per heavy atom. The van der Waals surface area contributed by atoms with Gasteiger partial charge in [0.2, 0.25) is 0 Å². The molecule has 3 rings (SSSR count). The highest BCUT2D eigenvalue weighted by Crippen LogP contribution is 2.35. The lowest BCUT2D eigenvalue weighted by Crippen LogP contribution is -2.17. The molecule has 0 amide bonds. The number of anilines is 1. The maximum atomic E-state index is 11.2. The van der Waals surface area contributed by atoms with Crippen molar-refractivity contribution in [2.75, 3.05) is 5.73 Å². The Morgan fingerprint density at radius 1 is 0.861 bits per heavy atom. The van der Waals surface area contributed by atoms with Crippen LogP contribution in [0.5, 0.6) is 0 Å². The zero-order chi connectivity index (χ0) is 27.6. The van der Waals surface area contributed by atoms with Gasteiger partial charge in [-0.25, -0.2) is 0 Å². The number of hydrogen-bond donors (Lipinski definition) is 2. The molecule has 3 aromatic rings. The minimum atomic E-state index is -1.51. The van der Waals surface area contributed by atoms with Crippen LogP contribution < -0.4 is 5.73 Å². The highest BCUT2D eigenvalue weighted by molar-refractivity contribution is 6.83. The molecule has 0 radical (unpaired) electrons. The van der Waals surface area contributed by atoms with Crippen molar-refractivity contribution in [1.82, 2.24) is 4.98 Å². The Hall–Kier alpha value is -3.64. The summed E-state index contributed by atoms with van der Waals surface area (Å²) in [5.41, 5.74) is 12.1. The highest BCUT2D eigenvalue weighted by Gasteiger charge is 2.27. The third-order valence-corrected chi connectivity index (χ3v) is 6.29. The topological polar surface area (TPSA) is 128 Å². The van der Waals surface area contributed by atoms with Gasteiger partial charge in [0.1, 0.15) is 8.07 Å². The number of nitro benzene ring substituents is 2. The molecule has 0 spiro atoms. The number of aromatic nitrogens is 1. The summed E-state index contributed by atoms with van der Waals surface area (Å²) in [6.45, 7) is 18.2. The molecule has 2 aromatic carbocycles. The number of rotatable bonds is 2. The molecule has 1 heterocycles. The van der Waals surface area contributed by atoms with Gasteiger partial charge < -0.3 is 10.7 Å². The lowest BCUT2D eigenvalue weighted by atomic mass is 9.84. The van der Waals surface area contributed by atoms with Crippen molar-refractivity contribution in [1.29, 1.82) is 0 Å². The predicted molar refractivity (Wildman–Crippen MR) is 150 cm³/mol. The number of benzene rings is 2. The molecule has 0 aliphatic carbocycles. The van der Waals surface area contributed by atoms with Crippen LogP contribution in [0, 0.1) is 31.7 Å². The molecule has 0 atom stereocenters. The third-order valence-electron chi connectivity index (χ3n) is 5.42. The van der Waals surface area contributed by atoms with Crippen LogP contribution in [0.3, 0.4) is 0 Å². The van der Waals surface area contributed by atoms with Crippen molar-refractivity contribution in [3.05, 3.63) is 73.4 Å². The van der Waals surface area contributed by atoms with E-state index in [4.69, 9.17) is 5.73 Å². The van der Waals surface area contributed by atoms with E-state index in [1.54, 1.807) is 18.3 Å². The van der Waals surface area contributed by atoms with Crippen molar-refractivity contribution in [3.63, 3.8) is 0 Å². The first-order chi connectivity index (χ1) is 16.3. The number of nitrogen functional groups attached to an aromatic ring is 1. The minimum absolute atomic E-state index is 0.0635. The summed E-state index contributed by atoms with van der Waals surface area (Å²) in [7, 11) is -1.51. The monoisotopic (exact) mass is 508 g/mol. The van der Waals surface area contributed by atoms with Crippen molar-refractivity contribution in [2.24, 2.45) is 0 Å². The Balaban J connectivity index is 0.000000259. The van der Waals surface area contributed by atoms with Gasteiger partial charge in [-0.3, -0.25) is 20.2 Å². The summed E-state index contributed by atoms with van der Waals surface area (Å²) < 4.78 is 0. The molecular formula is C27H36N4O4Si. The number of nitrogens with two attached hydrogens (primary N) is 1. The number of nitrogens with one attached hydrogen (secondary N) is 1. The van der Waals surface area contributed by atoms with E-state index in [9.17, 15) is 20.2 Å². The number of nitro groups is 2. The number of nitrogens with zero attached hydrogens (tertiary/aromatic N) is 2. The molecule has 0 fully saturated rings. The molecule has 0 saturated heterocycles. The van der Waals surface area contributed by atoms with Crippen molar-refractivity contribution in [2.45, 2.75) is 72.0 Å². The average molecular weight is 509 g/mol. The molecule has 0 saturated carbocycles. The second-order valence-electron chi connectivity index (χ2n) is 11.9. The Morgan fingerprint density at radius 2 is 1.36 bits per heavy atom. The first-order valence-electron chi connectivity index (χ1n) is 11.7. The molecule has 0 unspecified atom stereocenters. The molecule has 192 valence electrons. The smallest absolute Gasteiger partial charge is 0.275 e. The molecule has 8 nitrogen and oxygen atoms in total. The van der Waals surface area contributed by atoms with E-state index in [0.29, 0.717) is 16.8 Å². The first-order valence-corrected chi connectivity index (χ1v) is 15.2. The van der Waals surface area contributed by atoms with Gasteiger partial charge in [0.15, 0.2) is 0 Å². The molecule has 0 aliphatic rings. The number of fused-ring (bicyclic) bond motifs is 1. The second-order valence-corrected chi connectivity index (χ2v) is 16.7. The lowest BCUT2D eigenvalue weighted by Gasteiger charge is -2.19. The van der Waals surface area contributed by atoms with E-state index < -0.39 is 8.07 Å². The van der Waals surface area contributed by atoms with Gasteiger partial charge in [0.25, 0.3) is 11.4 Å². The number of H-pyrrole nitrogens is 1. The highest BCUT2D eigenvalue weighted by atomic mass is 28.3.